The highest BCUT2D eigenvalue weighted by atomic mass is 35.5. The van der Waals surface area contributed by atoms with Crippen LogP contribution in [0.25, 0.3) is 11.1 Å². The van der Waals surface area contributed by atoms with E-state index in [4.69, 9.17) is 23.2 Å². The standard InChI is InChI=1S/C19H12Cl2O3/c1-10-16(18(22)11-7-12(20)9-13(21)8-11)14-5-3-2-4-6-15(14)17(10)19(23)24/h2-9H,1H3,(H,23,24). The summed E-state index contributed by atoms with van der Waals surface area (Å²) in [6.07, 6.45) is 0. The molecule has 0 radical (unpaired) electrons. The Balaban J connectivity index is 2.29. The zero-order valence-electron chi connectivity index (χ0n) is 12.6. The number of carboxylic acids is 1. The quantitative estimate of drug-likeness (QED) is 0.643. The van der Waals surface area contributed by atoms with Crippen molar-refractivity contribution in [3.63, 3.8) is 0 Å². The summed E-state index contributed by atoms with van der Waals surface area (Å²) >= 11 is 12.0. The van der Waals surface area contributed by atoms with Gasteiger partial charge in [-0.3, -0.25) is 4.79 Å². The molecule has 0 aliphatic heterocycles. The molecular formula is C19H12Cl2O3. The average Bonchev–Trinajstić information content (AvgIpc) is 2.64. The van der Waals surface area contributed by atoms with Crippen LogP contribution in [0.3, 0.4) is 0 Å². The Morgan fingerprint density at radius 3 is 1.96 bits per heavy atom. The maximum Gasteiger partial charge on any atom is 0.336 e. The molecule has 1 aromatic rings. The SMILES string of the molecule is Cc1c(C(=O)O)c2cccccc-2c1C(=O)c1cc(Cl)cc(Cl)c1. The van der Waals surface area contributed by atoms with Gasteiger partial charge in [-0.15, -0.1) is 0 Å². The molecule has 0 bridgehead atoms. The minimum atomic E-state index is -1.06. The lowest BCUT2D eigenvalue weighted by molar-refractivity contribution is 0.0697. The molecule has 0 heterocycles. The summed E-state index contributed by atoms with van der Waals surface area (Å²) < 4.78 is 0. The molecule has 3 nitrogen and oxygen atoms in total. The molecule has 3 rings (SSSR count). The largest absolute Gasteiger partial charge is 0.478 e. The van der Waals surface area contributed by atoms with Crippen molar-refractivity contribution in [2.45, 2.75) is 6.92 Å². The van der Waals surface area contributed by atoms with Crippen LogP contribution in [0.1, 0.15) is 31.8 Å². The number of fused-ring (bicyclic) bond motifs is 1. The van der Waals surface area contributed by atoms with Gasteiger partial charge in [0, 0.05) is 21.2 Å². The fraction of sp³-hybridized carbons (Fsp3) is 0.0526. The number of aromatic carboxylic acids is 1. The zero-order valence-corrected chi connectivity index (χ0v) is 14.2. The molecule has 5 heteroatoms. The average molecular weight is 359 g/mol. The molecule has 0 atom stereocenters. The molecule has 1 aromatic carbocycles. The summed E-state index contributed by atoms with van der Waals surface area (Å²) in [7, 11) is 0. The molecule has 0 aromatic heterocycles. The maximum absolute atomic E-state index is 13.0. The van der Waals surface area contributed by atoms with Gasteiger partial charge in [-0.05, 0) is 41.8 Å². The lowest BCUT2D eigenvalue weighted by Crippen LogP contribution is -2.04. The van der Waals surface area contributed by atoms with Crippen LogP contribution in [0.15, 0.2) is 48.5 Å². The highest BCUT2D eigenvalue weighted by Crippen LogP contribution is 2.37. The van der Waals surface area contributed by atoms with Crippen LogP contribution in [0, 0.1) is 6.92 Å². The second-order valence-corrected chi connectivity index (χ2v) is 6.28. The van der Waals surface area contributed by atoms with E-state index in [1.807, 2.05) is 0 Å². The molecule has 0 fully saturated rings. The van der Waals surface area contributed by atoms with Crippen LogP contribution in [-0.2, 0) is 0 Å². The van der Waals surface area contributed by atoms with Gasteiger partial charge >= 0.3 is 5.97 Å². The molecular weight excluding hydrogens is 347 g/mol. The maximum atomic E-state index is 13.0. The third-order valence-corrected chi connectivity index (χ3v) is 4.33. The highest BCUT2D eigenvalue weighted by Gasteiger charge is 2.28. The van der Waals surface area contributed by atoms with Crippen molar-refractivity contribution in [3.8, 4) is 11.1 Å². The van der Waals surface area contributed by atoms with Crippen LogP contribution < -0.4 is 0 Å². The van der Waals surface area contributed by atoms with Gasteiger partial charge in [0.15, 0.2) is 5.78 Å². The van der Waals surface area contributed by atoms with Crippen molar-refractivity contribution < 1.29 is 14.7 Å². The van der Waals surface area contributed by atoms with E-state index in [9.17, 15) is 14.7 Å². The number of carbonyl (C=O) groups is 2. The first-order valence-electron chi connectivity index (χ1n) is 7.15. The lowest BCUT2D eigenvalue weighted by atomic mass is 9.99. The normalized spacial score (nSPS) is 10.8. The van der Waals surface area contributed by atoms with Gasteiger partial charge in [0.1, 0.15) is 0 Å². The highest BCUT2D eigenvalue weighted by molar-refractivity contribution is 6.35. The van der Waals surface area contributed by atoms with Crippen molar-refractivity contribution in [3.05, 3.63) is 80.8 Å². The monoisotopic (exact) mass is 358 g/mol. The molecule has 0 unspecified atom stereocenters. The minimum absolute atomic E-state index is 0.137. The van der Waals surface area contributed by atoms with E-state index in [0.717, 1.165) is 0 Å². The molecule has 0 saturated carbocycles. The Bertz CT molecular complexity index is 927. The van der Waals surface area contributed by atoms with Gasteiger partial charge in [-0.1, -0.05) is 53.5 Å². The van der Waals surface area contributed by atoms with Gasteiger partial charge in [0.25, 0.3) is 0 Å². The van der Waals surface area contributed by atoms with Gasteiger partial charge in [0.2, 0.25) is 0 Å². The minimum Gasteiger partial charge on any atom is -0.478 e. The van der Waals surface area contributed by atoms with Gasteiger partial charge in [0.05, 0.1) is 5.56 Å². The summed E-state index contributed by atoms with van der Waals surface area (Å²) in [6, 6.07) is 13.3. The summed E-state index contributed by atoms with van der Waals surface area (Å²) in [5.41, 5.74) is 2.38. The van der Waals surface area contributed by atoms with Crippen LogP contribution in [0.2, 0.25) is 10.0 Å². The van der Waals surface area contributed by atoms with Gasteiger partial charge < -0.3 is 5.11 Å². The molecule has 0 saturated heterocycles. The van der Waals surface area contributed by atoms with Crippen molar-refractivity contribution in [2.24, 2.45) is 0 Å². The Morgan fingerprint density at radius 2 is 1.42 bits per heavy atom. The Morgan fingerprint density at radius 1 is 0.875 bits per heavy atom. The number of ketones is 1. The van der Waals surface area contributed by atoms with E-state index in [1.54, 1.807) is 43.3 Å². The first kappa shape index (κ1) is 16.5. The van der Waals surface area contributed by atoms with Crippen molar-refractivity contribution >= 4 is 35.0 Å². The molecule has 2 aliphatic rings. The second-order valence-electron chi connectivity index (χ2n) is 5.41. The van der Waals surface area contributed by atoms with Gasteiger partial charge in [-0.2, -0.15) is 0 Å². The summed E-state index contributed by atoms with van der Waals surface area (Å²) in [5, 5.41) is 10.2. The Labute approximate surface area is 148 Å². The third kappa shape index (κ3) is 2.77. The number of benzene rings is 1. The topological polar surface area (TPSA) is 54.4 Å². The first-order chi connectivity index (χ1) is 11.4. The smallest absolute Gasteiger partial charge is 0.336 e. The van der Waals surface area contributed by atoms with E-state index >= 15 is 0 Å². The number of rotatable bonds is 3. The second kappa shape index (κ2) is 6.27. The van der Waals surface area contributed by atoms with E-state index in [-0.39, 0.29) is 11.3 Å². The van der Waals surface area contributed by atoms with E-state index < -0.39 is 5.97 Å². The van der Waals surface area contributed by atoms with E-state index in [2.05, 4.69) is 0 Å². The zero-order chi connectivity index (χ0) is 17.4. The molecule has 0 spiro atoms. The lowest BCUT2D eigenvalue weighted by Gasteiger charge is -2.05. The van der Waals surface area contributed by atoms with Crippen molar-refractivity contribution in [1.82, 2.24) is 0 Å². The summed E-state index contributed by atoms with van der Waals surface area (Å²) in [5.74, 6) is -1.37. The Hall–Kier alpha value is -2.36. The predicted molar refractivity (Wildman–Crippen MR) is 94.7 cm³/mol. The van der Waals surface area contributed by atoms with Crippen molar-refractivity contribution in [1.29, 1.82) is 0 Å². The van der Waals surface area contributed by atoms with Crippen LogP contribution >= 0.6 is 23.2 Å². The molecule has 2 aliphatic carbocycles. The molecule has 0 amide bonds. The first-order valence-corrected chi connectivity index (χ1v) is 7.91. The van der Waals surface area contributed by atoms with Gasteiger partial charge in [-0.25, -0.2) is 4.79 Å². The van der Waals surface area contributed by atoms with Crippen molar-refractivity contribution in [2.75, 3.05) is 0 Å². The number of carbonyl (C=O) groups excluding carboxylic acids is 1. The van der Waals surface area contributed by atoms with Crippen LogP contribution in [-0.4, -0.2) is 16.9 Å². The van der Waals surface area contributed by atoms with Crippen LogP contribution in [0.5, 0.6) is 0 Å². The Kier molecular flexibility index (Phi) is 4.31. The molecule has 120 valence electrons. The van der Waals surface area contributed by atoms with Crippen LogP contribution in [0.4, 0.5) is 0 Å². The number of hydrogen-bond acceptors (Lipinski definition) is 2. The fourth-order valence-electron chi connectivity index (χ4n) is 2.91. The summed E-state index contributed by atoms with van der Waals surface area (Å²) in [6.45, 7) is 1.64. The number of halogens is 2. The predicted octanol–water partition coefficient (Wildman–Crippen LogP) is 5.34. The number of carboxylic acid groups (broad SMARTS) is 1. The summed E-state index contributed by atoms with van der Waals surface area (Å²) in [4.78, 5) is 24.7. The van der Waals surface area contributed by atoms with E-state index in [1.165, 1.54) is 12.1 Å². The molecule has 1 N–H and O–H groups in total. The number of hydrogen-bond donors (Lipinski definition) is 1. The molecule has 24 heavy (non-hydrogen) atoms. The third-order valence-electron chi connectivity index (χ3n) is 3.89. The fourth-order valence-corrected chi connectivity index (χ4v) is 3.44. The van der Waals surface area contributed by atoms with E-state index in [0.29, 0.717) is 37.9 Å².